The molecular weight excluding hydrogens is 124 g/mol. The van der Waals surface area contributed by atoms with Gasteiger partial charge in [-0.25, -0.2) is 0 Å². The summed E-state index contributed by atoms with van der Waals surface area (Å²) in [6.45, 7) is 1.84. The lowest BCUT2D eigenvalue weighted by atomic mass is 10.1. The highest BCUT2D eigenvalue weighted by Gasteiger charge is 2.01. The van der Waals surface area contributed by atoms with Gasteiger partial charge in [0.15, 0.2) is 0 Å². The number of benzene rings is 1. The fraction of sp³-hybridized carbons (Fsp3) is 0.222. The quantitative estimate of drug-likeness (QED) is 0.657. The Morgan fingerprint density at radius 1 is 1.30 bits per heavy atom. The molecule has 0 unspecified atom stereocenters. The molecule has 0 saturated carbocycles. The van der Waals surface area contributed by atoms with Crippen molar-refractivity contribution in [2.24, 2.45) is 0 Å². The van der Waals surface area contributed by atoms with Crippen molar-refractivity contribution in [3.05, 3.63) is 42.3 Å². The first kappa shape index (κ1) is 7.29. The van der Waals surface area contributed by atoms with E-state index in [2.05, 4.69) is 0 Å². The molecule has 1 heteroatoms. The monoisotopic (exact) mass is 135 g/mol. The largest absolute Gasteiger partial charge is 0.388 e. The van der Waals surface area contributed by atoms with Crippen molar-refractivity contribution >= 4 is 0 Å². The van der Waals surface area contributed by atoms with Crippen molar-refractivity contribution in [3.8, 4) is 0 Å². The molecule has 1 nitrogen and oxygen atoms in total. The van der Waals surface area contributed by atoms with E-state index in [0.29, 0.717) is 0 Å². The van der Waals surface area contributed by atoms with Gasteiger partial charge in [-0.3, -0.25) is 0 Å². The van der Waals surface area contributed by atoms with Crippen LogP contribution in [-0.4, -0.2) is 5.11 Å². The van der Waals surface area contributed by atoms with Gasteiger partial charge in [0, 0.05) is 0 Å². The van der Waals surface area contributed by atoms with Gasteiger partial charge < -0.3 is 5.11 Å². The summed E-state index contributed by atoms with van der Waals surface area (Å²) < 4.78 is 0. The first-order chi connectivity index (χ1) is 4.84. The summed E-state index contributed by atoms with van der Waals surface area (Å²) in [5.74, 6) is 0. The zero-order valence-electron chi connectivity index (χ0n) is 5.99. The van der Waals surface area contributed by atoms with Crippen LogP contribution in [0.5, 0.6) is 0 Å². The topological polar surface area (TPSA) is 20.2 Å². The highest BCUT2D eigenvalue weighted by Crippen LogP contribution is 2.13. The Labute approximate surface area is 61.3 Å². The van der Waals surface area contributed by atoms with Gasteiger partial charge in [-0.2, -0.15) is 0 Å². The molecule has 10 heavy (non-hydrogen) atoms. The first-order valence-electron chi connectivity index (χ1n) is 3.37. The van der Waals surface area contributed by atoms with Crippen molar-refractivity contribution < 1.29 is 5.11 Å². The van der Waals surface area contributed by atoms with E-state index < -0.39 is 6.10 Å². The second kappa shape index (κ2) is 3.37. The fourth-order valence-electron chi connectivity index (χ4n) is 0.843. The molecule has 1 aromatic carbocycles. The van der Waals surface area contributed by atoms with E-state index in [4.69, 9.17) is 0 Å². The van der Waals surface area contributed by atoms with E-state index >= 15 is 0 Å². The maximum atomic E-state index is 9.27. The standard InChI is InChI=1S/C9H11O/c1-2-9(10)8-6-4-3-5-7-8/h2-7,9-10H,1H3/t9-/m0/s1. The molecule has 1 N–H and O–H groups in total. The molecule has 0 aromatic heterocycles. The van der Waals surface area contributed by atoms with Crippen molar-refractivity contribution in [1.29, 1.82) is 0 Å². The predicted molar refractivity (Wildman–Crippen MR) is 41.4 cm³/mol. The lowest BCUT2D eigenvalue weighted by Gasteiger charge is -2.05. The van der Waals surface area contributed by atoms with E-state index in [0.717, 1.165) is 5.56 Å². The molecule has 0 fully saturated rings. The third kappa shape index (κ3) is 1.58. The number of rotatable bonds is 2. The van der Waals surface area contributed by atoms with Crippen LogP contribution in [0.15, 0.2) is 30.3 Å². The van der Waals surface area contributed by atoms with Crippen molar-refractivity contribution in [1.82, 2.24) is 0 Å². The minimum atomic E-state index is -0.416. The van der Waals surface area contributed by atoms with Crippen LogP contribution >= 0.6 is 0 Å². The molecular formula is C9H11O. The van der Waals surface area contributed by atoms with E-state index in [1.54, 1.807) is 6.42 Å². The highest BCUT2D eigenvalue weighted by molar-refractivity contribution is 5.18. The summed E-state index contributed by atoms with van der Waals surface area (Å²) >= 11 is 0. The second-order valence-electron chi connectivity index (χ2n) is 2.19. The second-order valence-corrected chi connectivity index (χ2v) is 2.19. The van der Waals surface area contributed by atoms with Crippen molar-refractivity contribution in [2.45, 2.75) is 13.0 Å². The zero-order valence-corrected chi connectivity index (χ0v) is 5.99. The third-order valence-corrected chi connectivity index (χ3v) is 1.46. The SMILES string of the molecule is C[CH][C@H](O)c1ccccc1. The Hall–Kier alpha value is -0.820. The lowest BCUT2D eigenvalue weighted by molar-refractivity contribution is 0.212. The van der Waals surface area contributed by atoms with Crippen LogP contribution in [-0.2, 0) is 0 Å². The van der Waals surface area contributed by atoms with Crippen LogP contribution in [0.1, 0.15) is 18.6 Å². The third-order valence-electron chi connectivity index (χ3n) is 1.46. The van der Waals surface area contributed by atoms with Gasteiger partial charge in [-0.1, -0.05) is 37.3 Å². The molecule has 0 aliphatic carbocycles. The smallest absolute Gasteiger partial charge is 0.0819 e. The normalized spacial score (nSPS) is 13.0. The maximum absolute atomic E-state index is 9.27. The summed E-state index contributed by atoms with van der Waals surface area (Å²) in [7, 11) is 0. The molecule has 1 aromatic rings. The Morgan fingerprint density at radius 2 is 1.90 bits per heavy atom. The maximum Gasteiger partial charge on any atom is 0.0819 e. The summed E-state index contributed by atoms with van der Waals surface area (Å²) in [4.78, 5) is 0. The van der Waals surface area contributed by atoms with Gasteiger partial charge in [-0.05, 0) is 12.0 Å². The van der Waals surface area contributed by atoms with Gasteiger partial charge in [0.05, 0.1) is 6.10 Å². The number of hydrogen-bond donors (Lipinski definition) is 1. The van der Waals surface area contributed by atoms with E-state index in [1.165, 1.54) is 0 Å². The first-order valence-corrected chi connectivity index (χ1v) is 3.37. The van der Waals surface area contributed by atoms with Gasteiger partial charge in [0.2, 0.25) is 0 Å². The molecule has 0 aliphatic rings. The molecule has 0 heterocycles. The summed E-state index contributed by atoms with van der Waals surface area (Å²) in [6, 6.07) is 9.59. The number of aliphatic hydroxyl groups excluding tert-OH is 1. The summed E-state index contributed by atoms with van der Waals surface area (Å²) in [5.41, 5.74) is 0.949. The summed E-state index contributed by atoms with van der Waals surface area (Å²) in [6.07, 6.45) is 1.34. The predicted octanol–water partition coefficient (Wildman–Crippen LogP) is 1.94. The Bertz CT molecular complexity index is 181. The molecule has 0 amide bonds. The molecule has 53 valence electrons. The molecule has 0 aliphatic heterocycles. The summed E-state index contributed by atoms with van der Waals surface area (Å²) in [5, 5.41) is 9.27. The van der Waals surface area contributed by atoms with Crippen LogP contribution in [0.2, 0.25) is 0 Å². The van der Waals surface area contributed by atoms with Gasteiger partial charge in [0.1, 0.15) is 0 Å². The zero-order chi connectivity index (χ0) is 7.40. The molecule has 0 spiro atoms. The van der Waals surface area contributed by atoms with Gasteiger partial charge in [0.25, 0.3) is 0 Å². The van der Waals surface area contributed by atoms with Crippen LogP contribution in [0.3, 0.4) is 0 Å². The molecule has 1 radical (unpaired) electrons. The average molecular weight is 135 g/mol. The van der Waals surface area contributed by atoms with Gasteiger partial charge in [-0.15, -0.1) is 0 Å². The highest BCUT2D eigenvalue weighted by atomic mass is 16.3. The van der Waals surface area contributed by atoms with Crippen molar-refractivity contribution in [3.63, 3.8) is 0 Å². The molecule has 0 saturated heterocycles. The Kier molecular flexibility index (Phi) is 2.46. The Morgan fingerprint density at radius 3 is 2.40 bits per heavy atom. The van der Waals surface area contributed by atoms with E-state index in [1.807, 2.05) is 37.3 Å². The number of hydrogen-bond acceptors (Lipinski definition) is 1. The minimum absolute atomic E-state index is 0.416. The molecule has 0 bridgehead atoms. The average Bonchev–Trinajstić information content (AvgIpc) is 2.05. The van der Waals surface area contributed by atoms with Crippen LogP contribution in [0.25, 0.3) is 0 Å². The van der Waals surface area contributed by atoms with Crippen LogP contribution < -0.4 is 0 Å². The van der Waals surface area contributed by atoms with E-state index in [-0.39, 0.29) is 0 Å². The Balaban J connectivity index is 2.75. The fourth-order valence-corrected chi connectivity index (χ4v) is 0.843. The van der Waals surface area contributed by atoms with Crippen LogP contribution in [0.4, 0.5) is 0 Å². The van der Waals surface area contributed by atoms with E-state index in [9.17, 15) is 5.11 Å². The molecule has 1 atom stereocenters. The minimum Gasteiger partial charge on any atom is -0.388 e. The van der Waals surface area contributed by atoms with Crippen molar-refractivity contribution in [2.75, 3.05) is 0 Å². The number of aliphatic hydroxyl groups is 1. The lowest BCUT2D eigenvalue weighted by Crippen LogP contribution is -1.93. The van der Waals surface area contributed by atoms with Crippen LogP contribution in [0, 0.1) is 6.42 Å². The molecule has 1 rings (SSSR count). The van der Waals surface area contributed by atoms with Gasteiger partial charge >= 0.3 is 0 Å².